The Morgan fingerprint density at radius 3 is 0.826 bits per heavy atom. The standard InChI is InChI=1S/C73H142O17P2/c1-8-10-11-12-13-14-26-33-40-47-54-70(75)83-60-69(90-73(78)57-50-43-36-29-31-38-45-52-65(5)6)63-88-92(81,82)86-59-67(74)58-85-91(79,80)87-62-68(61-84-71(76)55-48-41-35-28-30-37-44-51-64(3)4)89-72(77)56-49-42-34-27-24-22-20-18-16-15-17-19-21-23-25-32-39-46-53-66(7)9-2/h64-69,74H,8-63H2,1-7H3,(H,79,80)(H,81,82)/t66?,67-,68-,69-/m1/s1. The molecule has 0 aliphatic rings. The maximum atomic E-state index is 13.0. The van der Waals surface area contributed by atoms with Crippen LogP contribution >= 0.6 is 15.6 Å². The summed E-state index contributed by atoms with van der Waals surface area (Å²) in [5.41, 5.74) is 0. The third-order valence-electron chi connectivity index (χ3n) is 17.2. The van der Waals surface area contributed by atoms with Crippen molar-refractivity contribution in [2.24, 2.45) is 17.8 Å². The molecule has 3 N–H and O–H groups in total. The first-order valence-electron chi connectivity index (χ1n) is 37.9. The first-order chi connectivity index (χ1) is 44.3. The Morgan fingerprint density at radius 1 is 0.315 bits per heavy atom. The minimum Gasteiger partial charge on any atom is -0.462 e. The van der Waals surface area contributed by atoms with E-state index < -0.39 is 97.5 Å². The number of esters is 4. The predicted octanol–water partition coefficient (Wildman–Crippen LogP) is 21.0. The lowest BCUT2D eigenvalue weighted by Gasteiger charge is -2.21. The van der Waals surface area contributed by atoms with Crippen LogP contribution in [0.4, 0.5) is 0 Å². The molecule has 0 rings (SSSR count). The van der Waals surface area contributed by atoms with Crippen molar-refractivity contribution in [3.8, 4) is 0 Å². The topological polar surface area (TPSA) is 237 Å². The number of ether oxygens (including phenoxy) is 4. The SMILES string of the molecule is CCCCCCCCCCCCC(=O)OC[C@H](COP(=O)(O)OC[C@H](O)COP(=O)(O)OC[C@@H](COC(=O)CCCCCCCCCC(C)C)OC(=O)CCCCCCCCCCCCCCCCCCCCC(C)CC)OC(=O)CCCCCCCCCC(C)C. The van der Waals surface area contributed by atoms with E-state index in [4.69, 9.17) is 37.0 Å². The summed E-state index contributed by atoms with van der Waals surface area (Å²) in [6.45, 7) is 11.8. The van der Waals surface area contributed by atoms with E-state index in [-0.39, 0.29) is 25.7 Å². The van der Waals surface area contributed by atoms with Crippen LogP contribution in [0.25, 0.3) is 0 Å². The molecule has 19 heteroatoms. The van der Waals surface area contributed by atoms with Gasteiger partial charge < -0.3 is 33.8 Å². The van der Waals surface area contributed by atoms with Crippen LogP contribution in [0.15, 0.2) is 0 Å². The summed E-state index contributed by atoms with van der Waals surface area (Å²) < 4.78 is 68.3. The number of unbranched alkanes of at least 4 members (excludes halogenated alkanes) is 38. The quantitative estimate of drug-likeness (QED) is 0.0222. The molecular weight excluding hydrogens is 1210 g/mol. The number of carbonyl (C=O) groups excluding carboxylic acids is 4. The molecule has 0 aromatic heterocycles. The van der Waals surface area contributed by atoms with E-state index in [1.165, 1.54) is 173 Å². The van der Waals surface area contributed by atoms with Gasteiger partial charge in [0.2, 0.25) is 0 Å². The fraction of sp³-hybridized carbons (Fsp3) is 0.945. The molecule has 546 valence electrons. The molecule has 92 heavy (non-hydrogen) atoms. The van der Waals surface area contributed by atoms with Gasteiger partial charge in [0.05, 0.1) is 26.4 Å². The third kappa shape index (κ3) is 65.4. The second-order valence-corrected chi connectivity index (χ2v) is 30.4. The molecule has 0 heterocycles. The molecule has 0 saturated heterocycles. The molecule has 6 atom stereocenters. The number of aliphatic hydroxyl groups excluding tert-OH is 1. The number of rotatable bonds is 71. The van der Waals surface area contributed by atoms with Crippen molar-refractivity contribution in [1.82, 2.24) is 0 Å². The summed E-state index contributed by atoms with van der Waals surface area (Å²) in [7, 11) is -9.90. The largest absolute Gasteiger partial charge is 0.472 e. The van der Waals surface area contributed by atoms with Gasteiger partial charge in [-0.25, -0.2) is 9.13 Å². The first-order valence-corrected chi connectivity index (χ1v) is 40.9. The Bertz CT molecular complexity index is 1800. The number of aliphatic hydroxyl groups is 1. The summed E-state index contributed by atoms with van der Waals surface area (Å²) in [4.78, 5) is 72.5. The minimum absolute atomic E-state index is 0.103. The van der Waals surface area contributed by atoms with E-state index in [1.807, 2.05) is 0 Å². The third-order valence-corrected chi connectivity index (χ3v) is 19.1. The number of phosphoric ester groups is 2. The average Bonchev–Trinajstić information content (AvgIpc) is 1.41. The monoisotopic (exact) mass is 1350 g/mol. The van der Waals surface area contributed by atoms with Crippen molar-refractivity contribution in [1.29, 1.82) is 0 Å². The lowest BCUT2D eigenvalue weighted by Crippen LogP contribution is -2.30. The molecule has 17 nitrogen and oxygen atoms in total. The van der Waals surface area contributed by atoms with Crippen molar-refractivity contribution >= 4 is 39.5 Å². The number of hydrogen-bond donors (Lipinski definition) is 3. The maximum absolute atomic E-state index is 13.0. The first kappa shape index (κ1) is 90.1. The van der Waals surface area contributed by atoms with Crippen LogP contribution in [-0.4, -0.2) is 96.7 Å². The van der Waals surface area contributed by atoms with Crippen LogP contribution in [0, 0.1) is 17.8 Å². The number of hydrogen-bond acceptors (Lipinski definition) is 15. The summed E-state index contributed by atoms with van der Waals surface area (Å²) in [5.74, 6) is 0.145. The Labute approximate surface area is 562 Å². The van der Waals surface area contributed by atoms with Crippen molar-refractivity contribution in [2.45, 2.75) is 388 Å². The highest BCUT2D eigenvalue weighted by Gasteiger charge is 2.30. The molecule has 0 aliphatic heterocycles. The molecule has 0 aliphatic carbocycles. The Hall–Kier alpha value is -1.94. The predicted molar refractivity (Wildman–Crippen MR) is 372 cm³/mol. The molecular formula is C73H142O17P2. The number of phosphoric acid groups is 2. The fourth-order valence-electron chi connectivity index (χ4n) is 11.0. The van der Waals surface area contributed by atoms with Gasteiger partial charge in [0.1, 0.15) is 19.3 Å². The highest BCUT2D eigenvalue weighted by Crippen LogP contribution is 2.45. The van der Waals surface area contributed by atoms with Crippen molar-refractivity contribution in [3.63, 3.8) is 0 Å². The van der Waals surface area contributed by atoms with Gasteiger partial charge in [-0.1, -0.05) is 318 Å². The van der Waals surface area contributed by atoms with Crippen molar-refractivity contribution in [2.75, 3.05) is 39.6 Å². The molecule has 0 fully saturated rings. The van der Waals surface area contributed by atoms with Gasteiger partial charge in [-0.2, -0.15) is 0 Å². The zero-order valence-corrected chi connectivity index (χ0v) is 61.8. The van der Waals surface area contributed by atoms with Gasteiger partial charge in [0.15, 0.2) is 12.2 Å². The van der Waals surface area contributed by atoms with Crippen LogP contribution in [0.2, 0.25) is 0 Å². The molecule has 0 amide bonds. The summed E-state index contributed by atoms with van der Waals surface area (Å²) in [6, 6.07) is 0. The zero-order chi connectivity index (χ0) is 68.0. The lowest BCUT2D eigenvalue weighted by atomic mass is 9.99. The molecule has 3 unspecified atom stereocenters. The van der Waals surface area contributed by atoms with Gasteiger partial charge in [-0.05, 0) is 43.4 Å². The van der Waals surface area contributed by atoms with Crippen LogP contribution in [0.1, 0.15) is 370 Å². The molecule has 0 saturated carbocycles. The van der Waals surface area contributed by atoms with E-state index in [2.05, 4.69) is 48.5 Å². The van der Waals surface area contributed by atoms with Gasteiger partial charge in [-0.3, -0.25) is 37.3 Å². The van der Waals surface area contributed by atoms with E-state index in [9.17, 15) is 43.2 Å². The Morgan fingerprint density at radius 2 is 0.554 bits per heavy atom. The van der Waals surface area contributed by atoms with Gasteiger partial charge in [-0.15, -0.1) is 0 Å². The van der Waals surface area contributed by atoms with Crippen LogP contribution < -0.4 is 0 Å². The molecule has 0 spiro atoms. The average molecular weight is 1350 g/mol. The molecule has 0 aromatic carbocycles. The molecule has 0 bridgehead atoms. The van der Waals surface area contributed by atoms with E-state index in [0.717, 1.165) is 102 Å². The van der Waals surface area contributed by atoms with E-state index in [1.54, 1.807) is 0 Å². The van der Waals surface area contributed by atoms with Gasteiger partial charge >= 0.3 is 39.5 Å². The minimum atomic E-state index is -4.95. The summed E-state index contributed by atoms with van der Waals surface area (Å²) in [5, 5.41) is 10.6. The van der Waals surface area contributed by atoms with Gasteiger partial charge in [0.25, 0.3) is 0 Å². The normalized spacial score (nSPS) is 14.4. The van der Waals surface area contributed by atoms with Gasteiger partial charge in [0, 0.05) is 25.7 Å². The second kappa shape index (κ2) is 63.8. The number of carbonyl (C=O) groups is 4. The fourth-order valence-corrected chi connectivity index (χ4v) is 12.6. The molecule has 0 radical (unpaired) electrons. The Kier molecular flexibility index (Phi) is 62.4. The highest BCUT2D eigenvalue weighted by atomic mass is 31.2. The van der Waals surface area contributed by atoms with Crippen LogP contribution in [0.5, 0.6) is 0 Å². The van der Waals surface area contributed by atoms with E-state index in [0.29, 0.717) is 37.5 Å². The smallest absolute Gasteiger partial charge is 0.462 e. The van der Waals surface area contributed by atoms with Crippen LogP contribution in [-0.2, 0) is 65.4 Å². The van der Waals surface area contributed by atoms with Crippen LogP contribution in [0.3, 0.4) is 0 Å². The zero-order valence-electron chi connectivity index (χ0n) is 60.0. The van der Waals surface area contributed by atoms with E-state index >= 15 is 0 Å². The van der Waals surface area contributed by atoms with Crippen molar-refractivity contribution in [3.05, 3.63) is 0 Å². The highest BCUT2D eigenvalue weighted by molar-refractivity contribution is 7.47. The summed E-state index contributed by atoms with van der Waals surface area (Å²) >= 11 is 0. The Balaban J connectivity index is 5.14. The summed E-state index contributed by atoms with van der Waals surface area (Å²) in [6.07, 6.45) is 48.9. The molecule has 0 aromatic rings. The second-order valence-electron chi connectivity index (χ2n) is 27.5. The lowest BCUT2D eigenvalue weighted by molar-refractivity contribution is -0.161. The maximum Gasteiger partial charge on any atom is 0.472 e. The van der Waals surface area contributed by atoms with Crippen molar-refractivity contribution < 1.29 is 80.2 Å².